The van der Waals surface area contributed by atoms with Crippen LogP contribution in [0.4, 0.5) is 5.82 Å². The van der Waals surface area contributed by atoms with Crippen LogP contribution in [0.1, 0.15) is 36.1 Å². The van der Waals surface area contributed by atoms with Gasteiger partial charge in [0.2, 0.25) is 0 Å². The van der Waals surface area contributed by atoms with Crippen LogP contribution in [0.5, 0.6) is 0 Å². The molecule has 19 heavy (non-hydrogen) atoms. The van der Waals surface area contributed by atoms with Crippen molar-refractivity contribution in [3.05, 3.63) is 11.5 Å². The Kier molecular flexibility index (Phi) is 5.35. The van der Waals surface area contributed by atoms with Gasteiger partial charge in [-0.15, -0.1) is 0 Å². The molecule has 7 nitrogen and oxygen atoms in total. The first kappa shape index (κ1) is 15.0. The molecule has 1 aromatic rings. The third-order valence-corrected chi connectivity index (χ3v) is 2.64. The van der Waals surface area contributed by atoms with Gasteiger partial charge in [0.1, 0.15) is 11.6 Å². The van der Waals surface area contributed by atoms with Crippen LogP contribution >= 0.6 is 0 Å². The molecule has 0 amide bonds. The van der Waals surface area contributed by atoms with E-state index >= 15 is 0 Å². The van der Waals surface area contributed by atoms with Crippen molar-refractivity contribution in [1.29, 1.82) is 0 Å². The second-order valence-electron chi connectivity index (χ2n) is 3.94. The molecule has 0 atom stereocenters. The number of carbonyl (C=O) groups is 2. The summed E-state index contributed by atoms with van der Waals surface area (Å²) in [5.74, 6) is 0.0618. The minimum atomic E-state index is -0.565. The Bertz CT molecular complexity index is 468. The highest BCUT2D eigenvalue weighted by molar-refractivity contribution is 5.92. The molecule has 0 aliphatic heterocycles. The average Bonchev–Trinajstić information content (AvgIpc) is 2.66. The number of esters is 2. The maximum absolute atomic E-state index is 11.4. The summed E-state index contributed by atoms with van der Waals surface area (Å²) in [5, 5.41) is 0. The molecule has 1 rings (SSSR count). The summed E-state index contributed by atoms with van der Waals surface area (Å²) in [4.78, 5) is 26.7. The zero-order chi connectivity index (χ0) is 14.4. The lowest BCUT2D eigenvalue weighted by Gasteiger charge is -2.07. The highest BCUT2D eigenvalue weighted by Crippen LogP contribution is 2.16. The highest BCUT2D eigenvalue weighted by Gasteiger charge is 2.18. The minimum Gasteiger partial charge on any atom is -0.466 e. The first-order valence-electron chi connectivity index (χ1n) is 6.07. The van der Waals surface area contributed by atoms with Gasteiger partial charge < -0.3 is 19.8 Å². The van der Waals surface area contributed by atoms with Crippen molar-refractivity contribution in [1.82, 2.24) is 9.55 Å². The number of hydrogen-bond acceptors (Lipinski definition) is 6. The topological polar surface area (TPSA) is 96.4 Å². The monoisotopic (exact) mass is 269 g/mol. The Morgan fingerprint density at radius 1 is 1.42 bits per heavy atom. The van der Waals surface area contributed by atoms with Gasteiger partial charge in [-0.25, -0.2) is 9.78 Å². The summed E-state index contributed by atoms with van der Waals surface area (Å²) in [5.41, 5.74) is 5.95. The summed E-state index contributed by atoms with van der Waals surface area (Å²) >= 11 is 0. The van der Waals surface area contributed by atoms with Crippen LogP contribution in [0.25, 0.3) is 0 Å². The first-order valence-corrected chi connectivity index (χ1v) is 6.07. The Balaban J connectivity index is 2.66. The predicted molar refractivity (Wildman–Crippen MR) is 68.6 cm³/mol. The molecule has 0 radical (unpaired) electrons. The Morgan fingerprint density at radius 2 is 2.11 bits per heavy atom. The van der Waals surface area contributed by atoms with E-state index in [-0.39, 0.29) is 17.5 Å². The molecule has 0 saturated carbocycles. The second kappa shape index (κ2) is 6.77. The Labute approximate surface area is 111 Å². The standard InChI is InChI=1S/C12H19N3O4/c1-4-19-9(16)6-5-7-15-8(2)14-10(11(15)13)12(17)18-3/h4-7,13H2,1-3H3. The number of carbonyl (C=O) groups excluding carboxylic acids is 2. The molecule has 0 aliphatic rings. The molecule has 0 spiro atoms. The molecule has 0 unspecified atom stereocenters. The van der Waals surface area contributed by atoms with Gasteiger partial charge in [-0.3, -0.25) is 4.79 Å². The summed E-state index contributed by atoms with van der Waals surface area (Å²) in [7, 11) is 1.27. The predicted octanol–water partition coefficient (Wildman–Crippen LogP) is 0.904. The van der Waals surface area contributed by atoms with E-state index in [0.717, 1.165) is 0 Å². The molecule has 2 N–H and O–H groups in total. The number of anilines is 1. The number of nitrogens with zero attached hydrogens (tertiary/aromatic N) is 2. The smallest absolute Gasteiger partial charge is 0.360 e. The maximum Gasteiger partial charge on any atom is 0.360 e. The van der Waals surface area contributed by atoms with Crippen molar-refractivity contribution < 1.29 is 19.1 Å². The van der Waals surface area contributed by atoms with E-state index in [0.29, 0.717) is 31.8 Å². The van der Waals surface area contributed by atoms with E-state index in [4.69, 9.17) is 10.5 Å². The molecular formula is C12H19N3O4. The van der Waals surface area contributed by atoms with Crippen LogP contribution < -0.4 is 5.73 Å². The number of methoxy groups -OCH3 is 1. The Hall–Kier alpha value is -2.05. The van der Waals surface area contributed by atoms with Gasteiger partial charge in [0.05, 0.1) is 13.7 Å². The molecule has 0 aromatic carbocycles. The van der Waals surface area contributed by atoms with Crippen LogP contribution in [-0.4, -0.2) is 35.2 Å². The van der Waals surface area contributed by atoms with Gasteiger partial charge in [-0.2, -0.15) is 0 Å². The lowest BCUT2D eigenvalue weighted by molar-refractivity contribution is -0.143. The fraction of sp³-hybridized carbons (Fsp3) is 0.583. The molecule has 0 aliphatic carbocycles. The van der Waals surface area contributed by atoms with Crippen LogP contribution in [0.2, 0.25) is 0 Å². The van der Waals surface area contributed by atoms with E-state index in [1.807, 2.05) is 0 Å². The largest absolute Gasteiger partial charge is 0.466 e. The number of rotatable bonds is 6. The van der Waals surface area contributed by atoms with Gasteiger partial charge in [0.15, 0.2) is 5.69 Å². The first-order chi connectivity index (χ1) is 9.01. The second-order valence-corrected chi connectivity index (χ2v) is 3.94. The normalized spacial score (nSPS) is 10.3. The summed E-state index contributed by atoms with van der Waals surface area (Å²) in [6.45, 7) is 4.38. The van der Waals surface area contributed by atoms with Gasteiger partial charge in [0.25, 0.3) is 0 Å². The molecule has 0 saturated heterocycles. The maximum atomic E-state index is 11.4. The molecule has 1 heterocycles. The van der Waals surface area contributed by atoms with Crippen molar-refractivity contribution in [2.75, 3.05) is 19.5 Å². The van der Waals surface area contributed by atoms with Crippen molar-refractivity contribution in [2.24, 2.45) is 0 Å². The van der Waals surface area contributed by atoms with Crippen LogP contribution in [0.15, 0.2) is 0 Å². The van der Waals surface area contributed by atoms with Gasteiger partial charge >= 0.3 is 11.9 Å². The SMILES string of the molecule is CCOC(=O)CCCn1c(C)nc(C(=O)OC)c1N. The van der Waals surface area contributed by atoms with Crippen molar-refractivity contribution in [3.8, 4) is 0 Å². The van der Waals surface area contributed by atoms with E-state index in [2.05, 4.69) is 9.72 Å². The number of imidazole rings is 1. The molecule has 7 heteroatoms. The quantitative estimate of drug-likeness (QED) is 0.771. The lowest BCUT2D eigenvalue weighted by Crippen LogP contribution is -2.10. The number of aryl methyl sites for hydroxylation is 1. The molecule has 0 fully saturated rings. The van der Waals surface area contributed by atoms with Crippen molar-refractivity contribution in [3.63, 3.8) is 0 Å². The Morgan fingerprint density at radius 3 is 2.68 bits per heavy atom. The fourth-order valence-electron chi connectivity index (χ4n) is 1.73. The minimum absolute atomic E-state index is 0.108. The fourth-order valence-corrected chi connectivity index (χ4v) is 1.73. The molecular weight excluding hydrogens is 250 g/mol. The van der Waals surface area contributed by atoms with Gasteiger partial charge in [0, 0.05) is 13.0 Å². The summed E-state index contributed by atoms with van der Waals surface area (Å²) in [6.07, 6.45) is 0.874. The number of nitrogen functional groups attached to an aromatic ring is 1. The van der Waals surface area contributed by atoms with Gasteiger partial charge in [-0.1, -0.05) is 0 Å². The van der Waals surface area contributed by atoms with Crippen LogP contribution in [0, 0.1) is 6.92 Å². The van der Waals surface area contributed by atoms with Gasteiger partial charge in [-0.05, 0) is 20.3 Å². The lowest BCUT2D eigenvalue weighted by atomic mass is 10.3. The highest BCUT2D eigenvalue weighted by atomic mass is 16.5. The molecule has 0 bridgehead atoms. The van der Waals surface area contributed by atoms with E-state index < -0.39 is 5.97 Å². The third-order valence-electron chi connectivity index (χ3n) is 2.64. The summed E-state index contributed by atoms with van der Waals surface area (Å²) < 4.78 is 11.1. The van der Waals surface area contributed by atoms with E-state index in [1.54, 1.807) is 18.4 Å². The van der Waals surface area contributed by atoms with Crippen LogP contribution in [0.3, 0.4) is 0 Å². The number of hydrogen-bond donors (Lipinski definition) is 1. The summed E-state index contributed by atoms with van der Waals surface area (Å²) in [6, 6.07) is 0. The van der Waals surface area contributed by atoms with Crippen LogP contribution in [-0.2, 0) is 20.8 Å². The number of ether oxygens (including phenoxy) is 2. The molecule has 106 valence electrons. The van der Waals surface area contributed by atoms with Crippen molar-refractivity contribution in [2.45, 2.75) is 33.2 Å². The number of aromatic nitrogens is 2. The average molecular weight is 269 g/mol. The number of nitrogens with two attached hydrogens (primary N) is 1. The van der Waals surface area contributed by atoms with E-state index in [1.165, 1.54) is 7.11 Å². The van der Waals surface area contributed by atoms with Crippen molar-refractivity contribution >= 4 is 17.8 Å². The molecule has 1 aromatic heterocycles. The zero-order valence-electron chi connectivity index (χ0n) is 11.4. The third kappa shape index (κ3) is 3.70. The van der Waals surface area contributed by atoms with E-state index in [9.17, 15) is 9.59 Å². The zero-order valence-corrected chi connectivity index (χ0v) is 11.4.